The van der Waals surface area contributed by atoms with Crippen LogP contribution in [-0.4, -0.2) is 53.3 Å². The van der Waals surface area contributed by atoms with Crippen molar-refractivity contribution in [3.8, 4) is 0 Å². The second-order valence-corrected chi connectivity index (χ2v) is 7.03. The zero-order valence-electron chi connectivity index (χ0n) is 14.3. The van der Waals surface area contributed by atoms with Crippen molar-refractivity contribution in [2.24, 2.45) is 0 Å². The lowest BCUT2D eigenvalue weighted by atomic mass is 10.1. The van der Waals surface area contributed by atoms with Crippen LogP contribution >= 0.6 is 11.6 Å². The number of hydrogen-bond donors (Lipinski definition) is 1. The summed E-state index contributed by atoms with van der Waals surface area (Å²) in [6.45, 7) is 9.23. The molecule has 3 rings (SSSR count). The van der Waals surface area contributed by atoms with Crippen molar-refractivity contribution in [2.45, 2.75) is 20.4 Å². The number of hydrogen-bond acceptors (Lipinski definition) is 3. The molecule has 0 bridgehead atoms. The van der Waals surface area contributed by atoms with E-state index in [4.69, 9.17) is 11.6 Å². The van der Waals surface area contributed by atoms with Crippen LogP contribution in [0.3, 0.4) is 0 Å². The van der Waals surface area contributed by atoms with E-state index in [0.29, 0.717) is 6.54 Å². The van der Waals surface area contributed by atoms with Gasteiger partial charge in [-0.2, -0.15) is 0 Å². The summed E-state index contributed by atoms with van der Waals surface area (Å²) in [5.41, 5.74) is 4.13. The first-order valence-electron chi connectivity index (χ1n) is 8.40. The summed E-state index contributed by atoms with van der Waals surface area (Å²) < 4.78 is 0. The van der Waals surface area contributed by atoms with E-state index < -0.39 is 0 Å². The number of rotatable bonds is 5. The third-order valence-electron chi connectivity index (χ3n) is 4.60. The van der Waals surface area contributed by atoms with Crippen LogP contribution in [-0.2, 0) is 6.54 Å². The normalized spacial score (nSPS) is 16.5. The van der Waals surface area contributed by atoms with E-state index >= 15 is 0 Å². The Morgan fingerprint density at radius 1 is 1.08 bits per heavy atom. The van der Waals surface area contributed by atoms with Crippen molar-refractivity contribution in [3.05, 3.63) is 57.9 Å². The molecule has 2 aromatic rings. The van der Waals surface area contributed by atoms with E-state index in [2.05, 4.69) is 26.9 Å². The molecule has 5 heteroatoms. The second kappa shape index (κ2) is 7.51. The second-order valence-electron chi connectivity index (χ2n) is 6.59. The predicted molar refractivity (Wildman–Crippen MR) is 97.8 cm³/mol. The number of aryl methyl sites for hydroxylation is 2. The van der Waals surface area contributed by atoms with Gasteiger partial charge in [-0.05, 0) is 37.6 Å². The summed E-state index contributed by atoms with van der Waals surface area (Å²) in [5, 5.41) is 0.775. The van der Waals surface area contributed by atoms with E-state index in [9.17, 15) is 4.79 Å². The monoisotopic (exact) mass is 345 g/mol. The molecule has 1 aromatic heterocycles. The number of Topliss-reactive ketones (excluding diaryl/α,β-unsaturated/α-hetero) is 1. The maximum absolute atomic E-state index is 12.5. The number of nitrogens with zero attached hydrogens (tertiary/aromatic N) is 2. The molecule has 0 amide bonds. The van der Waals surface area contributed by atoms with Gasteiger partial charge in [0.2, 0.25) is 0 Å². The van der Waals surface area contributed by atoms with Gasteiger partial charge in [-0.3, -0.25) is 14.6 Å². The molecular formula is C19H24ClN3O. The van der Waals surface area contributed by atoms with Crippen molar-refractivity contribution in [1.82, 2.24) is 14.8 Å². The number of aromatic amines is 1. The summed E-state index contributed by atoms with van der Waals surface area (Å²) in [7, 11) is 0. The zero-order valence-corrected chi connectivity index (χ0v) is 15.1. The summed E-state index contributed by atoms with van der Waals surface area (Å²) in [4.78, 5) is 20.3. The first-order valence-corrected chi connectivity index (χ1v) is 8.77. The van der Waals surface area contributed by atoms with Gasteiger partial charge >= 0.3 is 0 Å². The lowest BCUT2D eigenvalue weighted by Gasteiger charge is -2.34. The molecule has 24 heavy (non-hydrogen) atoms. The quantitative estimate of drug-likeness (QED) is 0.845. The topological polar surface area (TPSA) is 39.3 Å². The molecule has 1 aliphatic rings. The van der Waals surface area contributed by atoms with Gasteiger partial charge in [-0.1, -0.05) is 23.7 Å². The Morgan fingerprint density at radius 3 is 2.29 bits per heavy atom. The highest BCUT2D eigenvalue weighted by Gasteiger charge is 2.21. The molecule has 1 fully saturated rings. The molecule has 0 spiro atoms. The van der Waals surface area contributed by atoms with Crippen LogP contribution in [0.1, 0.15) is 27.3 Å². The van der Waals surface area contributed by atoms with Crippen LogP contribution in [0.15, 0.2) is 30.3 Å². The van der Waals surface area contributed by atoms with Crippen LogP contribution in [0, 0.1) is 13.8 Å². The molecule has 0 unspecified atom stereocenters. The van der Waals surface area contributed by atoms with Crippen LogP contribution < -0.4 is 0 Å². The van der Waals surface area contributed by atoms with E-state index in [1.54, 1.807) is 0 Å². The molecule has 0 radical (unpaired) electrons. The molecule has 1 N–H and O–H groups in total. The Bertz CT molecular complexity index is 700. The van der Waals surface area contributed by atoms with Gasteiger partial charge in [0.05, 0.1) is 6.54 Å². The third-order valence-corrected chi connectivity index (χ3v) is 4.85. The number of H-pyrrole nitrogens is 1. The summed E-state index contributed by atoms with van der Waals surface area (Å²) in [6, 6.07) is 9.99. The molecule has 1 saturated heterocycles. The van der Waals surface area contributed by atoms with E-state index in [-0.39, 0.29) is 5.78 Å². The van der Waals surface area contributed by atoms with Gasteiger partial charge < -0.3 is 4.98 Å². The number of ketones is 1. The molecule has 128 valence electrons. The van der Waals surface area contributed by atoms with Crippen LogP contribution in [0.4, 0.5) is 0 Å². The number of benzene rings is 1. The maximum Gasteiger partial charge on any atom is 0.178 e. The third kappa shape index (κ3) is 4.26. The van der Waals surface area contributed by atoms with Crippen molar-refractivity contribution in [2.75, 3.05) is 32.7 Å². The maximum atomic E-state index is 12.5. The summed E-state index contributed by atoms with van der Waals surface area (Å²) >= 11 is 5.93. The first kappa shape index (κ1) is 17.2. The van der Waals surface area contributed by atoms with Crippen molar-refractivity contribution in [1.29, 1.82) is 0 Å². The average molecular weight is 346 g/mol. The number of carbonyl (C=O) groups is 1. The van der Waals surface area contributed by atoms with Gasteiger partial charge in [-0.15, -0.1) is 0 Å². The molecule has 1 aliphatic heterocycles. The number of carbonyl (C=O) groups excluding carboxylic acids is 1. The minimum absolute atomic E-state index is 0.211. The fourth-order valence-electron chi connectivity index (χ4n) is 3.26. The van der Waals surface area contributed by atoms with Gasteiger partial charge in [0.1, 0.15) is 0 Å². The fourth-order valence-corrected chi connectivity index (χ4v) is 3.38. The van der Waals surface area contributed by atoms with Crippen molar-refractivity contribution < 1.29 is 4.79 Å². The highest BCUT2D eigenvalue weighted by atomic mass is 35.5. The summed E-state index contributed by atoms with van der Waals surface area (Å²) in [6.07, 6.45) is 0. The highest BCUT2D eigenvalue weighted by Crippen LogP contribution is 2.14. The predicted octanol–water partition coefficient (Wildman–Crippen LogP) is 3.29. The van der Waals surface area contributed by atoms with Crippen LogP contribution in [0.5, 0.6) is 0 Å². The van der Waals surface area contributed by atoms with Crippen LogP contribution in [0.25, 0.3) is 0 Å². The molecule has 0 aliphatic carbocycles. The smallest absolute Gasteiger partial charge is 0.178 e. The Labute approximate surface area is 148 Å². The molecular weight excluding hydrogens is 322 g/mol. The molecule has 0 atom stereocenters. The fraction of sp³-hybridized carbons (Fsp3) is 0.421. The minimum Gasteiger partial charge on any atom is -0.362 e. The Hall–Kier alpha value is -1.62. The number of halogens is 1. The van der Waals surface area contributed by atoms with E-state index in [1.165, 1.54) is 5.56 Å². The Balaban J connectivity index is 1.49. The molecule has 2 heterocycles. The van der Waals surface area contributed by atoms with Gasteiger partial charge in [0.25, 0.3) is 0 Å². The Kier molecular flexibility index (Phi) is 5.39. The van der Waals surface area contributed by atoms with Crippen molar-refractivity contribution in [3.63, 3.8) is 0 Å². The lowest BCUT2D eigenvalue weighted by Crippen LogP contribution is -2.47. The van der Waals surface area contributed by atoms with Gasteiger partial charge in [-0.25, -0.2) is 0 Å². The van der Waals surface area contributed by atoms with Gasteiger partial charge in [0.15, 0.2) is 5.78 Å². The van der Waals surface area contributed by atoms with E-state index in [0.717, 1.165) is 54.7 Å². The summed E-state index contributed by atoms with van der Waals surface area (Å²) in [5.74, 6) is 0.211. The first-order chi connectivity index (χ1) is 11.5. The highest BCUT2D eigenvalue weighted by molar-refractivity contribution is 6.30. The lowest BCUT2D eigenvalue weighted by molar-refractivity contribution is 0.0843. The Morgan fingerprint density at radius 2 is 1.71 bits per heavy atom. The standard InChI is InChI=1S/C19H24ClN3O/c1-14-11-18(15(2)21-14)19(24)13-23-9-7-22(8-10-23)12-16-3-5-17(20)6-4-16/h3-6,11,21H,7-10,12-13H2,1-2H3. The number of aromatic nitrogens is 1. The zero-order chi connectivity index (χ0) is 17.1. The molecule has 4 nitrogen and oxygen atoms in total. The van der Waals surface area contributed by atoms with Crippen LogP contribution in [0.2, 0.25) is 5.02 Å². The molecule has 0 saturated carbocycles. The average Bonchev–Trinajstić information content (AvgIpc) is 2.90. The SMILES string of the molecule is Cc1cc(C(=O)CN2CCN(Cc3ccc(Cl)cc3)CC2)c(C)[nH]1. The minimum atomic E-state index is 0.211. The molecule has 1 aromatic carbocycles. The van der Waals surface area contributed by atoms with E-state index in [1.807, 2.05) is 32.0 Å². The number of piperazine rings is 1. The van der Waals surface area contributed by atoms with Crippen molar-refractivity contribution >= 4 is 17.4 Å². The largest absolute Gasteiger partial charge is 0.362 e. The number of nitrogens with one attached hydrogen (secondary N) is 1. The van der Waals surface area contributed by atoms with Gasteiger partial charge in [0, 0.05) is 54.7 Å².